The molecule has 1 aromatic carbocycles. The van der Waals surface area contributed by atoms with Gasteiger partial charge in [0.1, 0.15) is 11.3 Å². The van der Waals surface area contributed by atoms with Crippen LogP contribution in [0.15, 0.2) is 35.3 Å². The molecule has 2 fully saturated rings. The average Bonchev–Trinajstić information content (AvgIpc) is 2.91. The Kier molecular flexibility index (Phi) is 7.83. The third-order valence-corrected chi connectivity index (χ3v) is 7.56. The maximum atomic E-state index is 13.1. The molecular formula is C29H36N6O4. The first kappa shape index (κ1) is 26.7. The van der Waals surface area contributed by atoms with Gasteiger partial charge in [-0.3, -0.25) is 9.59 Å². The SMILES string of the molecule is C/C=C/c1c(OC2CCC2)c(=O)n(C)c2cnc(Nc3ccc(C(=O)NC4CCN(C)CC4)cc3OC)nc12. The zero-order chi connectivity index (χ0) is 27.5. The Morgan fingerprint density at radius 3 is 2.59 bits per heavy atom. The number of likely N-dealkylation sites (tertiary alicyclic amines) is 1. The van der Waals surface area contributed by atoms with Crippen LogP contribution in [0.25, 0.3) is 17.1 Å². The van der Waals surface area contributed by atoms with Crippen molar-refractivity contribution in [3.63, 3.8) is 0 Å². The summed E-state index contributed by atoms with van der Waals surface area (Å²) in [7, 11) is 5.36. The maximum absolute atomic E-state index is 13.1. The molecule has 206 valence electrons. The number of amides is 1. The fourth-order valence-electron chi connectivity index (χ4n) is 4.93. The van der Waals surface area contributed by atoms with Crippen LogP contribution in [-0.2, 0) is 7.05 Å². The number of methoxy groups -OCH3 is 1. The Labute approximate surface area is 228 Å². The summed E-state index contributed by atoms with van der Waals surface area (Å²) >= 11 is 0. The van der Waals surface area contributed by atoms with Crippen LogP contribution in [0.4, 0.5) is 11.6 Å². The van der Waals surface area contributed by atoms with Crippen molar-refractivity contribution in [1.82, 2.24) is 24.8 Å². The minimum atomic E-state index is -0.206. The quantitative estimate of drug-likeness (QED) is 0.450. The number of hydrogen-bond acceptors (Lipinski definition) is 8. The topological polar surface area (TPSA) is 111 Å². The number of fused-ring (bicyclic) bond motifs is 1. The molecule has 1 amide bonds. The van der Waals surface area contributed by atoms with Crippen molar-refractivity contribution in [3.8, 4) is 11.5 Å². The highest BCUT2D eigenvalue weighted by Gasteiger charge is 2.25. The molecule has 1 aliphatic carbocycles. The van der Waals surface area contributed by atoms with Crippen LogP contribution < -0.4 is 25.7 Å². The van der Waals surface area contributed by atoms with Gasteiger partial charge in [-0.05, 0) is 77.4 Å². The van der Waals surface area contributed by atoms with E-state index in [0.29, 0.717) is 45.3 Å². The minimum Gasteiger partial charge on any atom is -0.495 e. The molecule has 0 bridgehead atoms. The third kappa shape index (κ3) is 5.61. The van der Waals surface area contributed by atoms with Gasteiger partial charge in [-0.25, -0.2) is 9.97 Å². The number of aryl methyl sites for hydroxylation is 1. The molecule has 10 heteroatoms. The van der Waals surface area contributed by atoms with Crippen LogP contribution in [0.1, 0.15) is 54.9 Å². The fourth-order valence-corrected chi connectivity index (χ4v) is 4.93. The number of anilines is 2. The number of allylic oxidation sites excluding steroid dienone is 1. The molecule has 10 nitrogen and oxygen atoms in total. The monoisotopic (exact) mass is 532 g/mol. The number of ether oxygens (including phenoxy) is 2. The Hall–Kier alpha value is -3.92. The summed E-state index contributed by atoms with van der Waals surface area (Å²) < 4.78 is 13.2. The average molecular weight is 533 g/mol. The first-order valence-corrected chi connectivity index (χ1v) is 13.5. The Balaban J connectivity index is 1.42. The molecule has 1 saturated heterocycles. The van der Waals surface area contributed by atoms with E-state index in [2.05, 4.69) is 27.6 Å². The van der Waals surface area contributed by atoms with E-state index in [9.17, 15) is 9.59 Å². The van der Waals surface area contributed by atoms with Crippen molar-refractivity contribution in [2.75, 3.05) is 32.6 Å². The van der Waals surface area contributed by atoms with Gasteiger partial charge in [0.2, 0.25) is 5.95 Å². The molecule has 5 rings (SSSR count). The second-order valence-electron chi connectivity index (χ2n) is 10.3. The van der Waals surface area contributed by atoms with E-state index < -0.39 is 0 Å². The Morgan fingerprint density at radius 1 is 1.15 bits per heavy atom. The first-order chi connectivity index (χ1) is 18.9. The molecule has 1 saturated carbocycles. The van der Waals surface area contributed by atoms with E-state index in [1.165, 1.54) is 4.57 Å². The molecule has 39 heavy (non-hydrogen) atoms. The molecule has 2 N–H and O–H groups in total. The number of nitrogens with one attached hydrogen (secondary N) is 2. The summed E-state index contributed by atoms with van der Waals surface area (Å²) in [5, 5.41) is 6.36. The highest BCUT2D eigenvalue weighted by atomic mass is 16.5. The largest absolute Gasteiger partial charge is 0.495 e. The van der Waals surface area contributed by atoms with E-state index in [4.69, 9.17) is 14.5 Å². The maximum Gasteiger partial charge on any atom is 0.293 e. The molecule has 0 atom stereocenters. The van der Waals surface area contributed by atoms with Crippen molar-refractivity contribution in [2.45, 2.75) is 51.2 Å². The van der Waals surface area contributed by atoms with E-state index >= 15 is 0 Å². The van der Waals surface area contributed by atoms with Gasteiger partial charge >= 0.3 is 0 Å². The molecule has 0 unspecified atom stereocenters. The van der Waals surface area contributed by atoms with E-state index in [-0.39, 0.29) is 23.6 Å². The Bertz CT molecular complexity index is 1450. The van der Waals surface area contributed by atoms with E-state index in [1.807, 2.05) is 19.1 Å². The van der Waals surface area contributed by atoms with Gasteiger partial charge in [-0.15, -0.1) is 0 Å². The molecule has 0 spiro atoms. The second kappa shape index (κ2) is 11.4. The van der Waals surface area contributed by atoms with E-state index in [0.717, 1.165) is 45.2 Å². The third-order valence-electron chi connectivity index (χ3n) is 7.56. The van der Waals surface area contributed by atoms with Gasteiger partial charge in [0, 0.05) is 18.7 Å². The summed E-state index contributed by atoms with van der Waals surface area (Å²) in [5.41, 5.74) is 2.79. The number of aromatic nitrogens is 3. The van der Waals surface area contributed by atoms with Crippen LogP contribution in [0.2, 0.25) is 0 Å². The van der Waals surface area contributed by atoms with Crippen molar-refractivity contribution < 1.29 is 14.3 Å². The number of piperidine rings is 1. The second-order valence-corrected chi connectivity index (χ2v) is 10.3. The van der Waals surface area contributed by atoms with Gasteiger partial charge in [0.15, 0.2) is 5.75 Å². The fraction of sp³-hybridized carbons (Fsp3) is 0.448. The van der Waals surface area contributed by atoms with Gasteiger partial charge in [0.25, 0.3) is 11.5 Å². The molecule has 1 aliphatic heterocycles. The van der Waals surface area contributed by atoms with Crippen LogP contribution in [0, 0.1) is 0 Å². The molecule has 3 aromatic rings. The number of nitrogens with zero attached hydrogens (tertiary/aromatic N) is 4. The van der Waals surface area contributed by atoms with Crippen molar-refractivity contribution in [3.05, 3.63) is 52.0 Å². The summed E-state index contributed by atoms with van der Waals surface area (Å²) in [4.78, 5) is 37.5. The highest BCUT2D eigenvalue weighted by Crippen LogP contribution is 2.32. The summed E-state index contributed by atoms with van der Waals surface area (Å²) in [5.74, 6) is 1.03. The lowest BCUT2D eigenvalue weighted by Gasteiger charge is -2.29. The predicted molar refractivity (Wildman–Crippen MR) is 152 cm³/mol. The lowest BCUT2D eigenvalue weighted by atomic mass is 9.96. The first-order valence-electron chi connectivity index (χ1n) is 13.5. The van der Waals surface area contributed by atoms with Crippen LogP contribution in [0.3, 0.4) is 0 Å². The van der Waals surface area contributed by atoms with Gasteiger partial charge in [-0.1, -0.05) is 12.2 Å². The minimum absolute atomic E-state index is 0.0537. The Morgan fingerprint density at radius 2 is 1.92 bits per heavy atom. The summed E-state index contributed by atoms with van der Waals surface area (Å²) in [6.45, 7) is 3.84. The number of rotatable bonds is 8. The number of carbonyl (C=O) groups excluding carboxylic acids is 1. The molecule has 0 radical (unpaired) electrons. The number of benzene rings is 1. The van der Waals surface area contributed by atoms with Crippen molar-refractivity contribution in [2.24, 2.45) is 7.05 Å². The van der Waals surface area contributed by atoms with Crippen molar-refractivity contribution >= 4 is 34.7 Å². The van der Waals surface area contributed by atoms with Crippen LogP contribution in [-0.4, -0.2) is 64.7 Å². The summed E-state index contributed by atoms with van der Waals surface area (Å²) in [6, 6.07) is 5.43. The molecule has 2 aliphatic rings. The summed E-state index contributed by atoms with van der Waals surface area (Å²) in [6.07, 6.45) is 10.3. The smallest absolute Gasteiger partial charge is 0.293 e. The molecular weight excluding hydrogens is 496 g/mol. The predicted octanol–water partition coefficient (Wildman–Crippen LogP) is 3.87. The van der Waals surface area contributed by atoms with Gasteiger partial charge < -0.3 is 29.6 Å². The standard InChI is InChI=1S/C29H36N6O4/c1-5-7-21-25-23(35(3)28(37)26(21)39-20-8-6-9-20)17-30-29(33-25)32-22-11-10-18(16-24(22)38-4)27(36)31-19-12-14-34(2)15-13-19/h5,7,10-11,16-17,19-20H,6,8-9,12-15H2,1-4H3,(H,31,36)(H,30,32,33)/b7-5+. The normalized spacial score (nSPS) is 16.8. The zero-order valence-corrected chi connectivity index (χ0v) is 23.0. The van der Waals surface area contributed by atoms with Crippen molar-refractivity contribution in [1.29, 1.82) is 0 Å². The number of pyridine rings is 1. The van der Waals surface area contributed by atoms with E-state index in [1.54, 1.807) is 38.6 Å². The lowest BCUT2D eigenvalue weighted by molar-refractivity contribution is 0.0916. The molecule has 3 heterocycles. The number of hydrogen-bond donors (Lipinski definition) is 2. The molecule has 2 aromatic heterocycles. The zero-order valence-electron chi connectivity index (χ0n) is 23.0. The van der Waals surface area contributed by atoms with Gasteiger partial charge in [-0.2, -0.15) is 0 Å². The lowest BCUT2D eigenvalue weighted by Crippen LogP contribution is -2.43. The van der Waals surface area contributed by atoms with Gasteiger partial charge in [0.05, 0.1) is 36.2 Å². The van der Waals surface area contributed by atoms with Crippen LogP contribution >= 0.6 is 0 Å². The van der Waals surface area contributed by atoms with Crippen LogP contribution in [0.5, 0.6) is 11.5 Å². The number of carbonyl (C=O) groups is 1. The highest BCUT2D eigenvalue weighted by molar-refractivity contribution is 5.95.